The van der Waals surface area contributed by atoms with Crippen LogP contribution in [0, 0.1) is 5.92 Å². The fourth-order valence-corrected chi connectivity index (χ4v) is 3.86. The first-order valence-electron chi connectivity index (χ1n) is 9.44. The van der Waals surface area contributed by atoms with Crippen molar-refractivity contribution >= 4 is 11.8 Å². The summed E-state index contributed by atoms with van der Waals surface area (Å²) < 4.78 is 0. The van der Waals surface area contributed by atoms with Gasteiger partial charge < -0.3 is 15.1 Å². The number of hydrogen-bond acceptors (Lipinski definition) is 5. The molecule has 1 N–H and O–H groups in total. The Balaban J connectivity index is 1.34. The molecule has 5 nitrogen and oxygen atoms in total. The molecule has 4 rings (SSSR count). The molecule has 0 radical (unpaired) electrons. The summed E-state index contributed by atoms with van der Waals surface area (Å²) in [6, 6.07) is 2.57. The van der Waals surface area contributed by atoms with Crippen LogP contribution in [0.2, 0.25) is 0 Å². The molecule has 0 amide bonds. The van der Waals surface area contributed by atoms with E-state index in [1.165, 1.54) is 58.0 Å². The van der Waals surface area contributed by atoms with Crippen molar-refractivity contribution in [2.75, 3.05) is 42.9 Å². The van der Waals surface area contributed by atoms with Crippen LogP contribution in [0.25, 0.3) is 0 Å². The third-order valence-electron chi connectivity index (χ3n) is 5.39. The summed E-state index contributed by atoms with van der Waals surface area (Å²) in [6.45, 7) is 5.94. The van der Waals surface area contributed by atoms with Gasteiger partial charge in [-0.25, -0.2) is 4.98 Å². The van der Waals surface area contributed by atoms with Crippen LogP contribution in [0.5, 0.6) is 0 Å². The summed E-state index contributed by atoms with van der Waals surface area (Å²) in [7, 11) is 0. The Labute approximate surface area is 139 Å². The molecule has 0 aromatic carbocycles. The molecule has 1 aromatic rings. The largest absolute Gasteiger partial charge is 0.356 e. The number of rotatable bonds is 5. The third-order valence-corrected chi connectivity index (χ3v) is 5.39. The van der Waals surface area contributed by atoms with Crippen LogP contribution in [0.15, 0.2) is 12.3 Å². The van der Waals surface area contributed by atoms with Crippen molar-refractivity contribution in [3.63, 3.8) is 0 Å². The van der Waals surface area contributed by atoms with Gasteiger partial charge in [-0.1, -0.05) is 12.8 Å². The number of aromatic nitrogens is 2. The second kappa shape index (κ2) is 7.04. The predicted molar refractivity (Wildman–Crippen MR) is 93.9 cm³/mol. The van der Waals surface area contributed by atoms with Gasteiger partial charge in [-0.2, -0.15) is 4.98 Å². The average molecular weight is 315 g/mol. The highest BCUT2D eigenvalue weighted by atomic mass is 15.3. The van der Waals surface area contributed by atoms with Crippen LogP contribution >= 0.6 is 0 Å². The minimum Gasteiger partial charge on any atom is -0.356 e. The molecule has 126 valence electrons. The van der Waals surface area contributed by atoms with Gasteiger partial charge in [-0.15, -0.1) is 0 Å². The van der Waals surface area contributed by atoms with Gasteiger partial charge in [0.25, 0.3) is 0 Å². The summed E-state index contributed by atoms with van der Waals surface area (Å²) in [5.74, 6) is 2.89. The molecule has 0 spiro atoms. The Morgan fingerprint density at radius 2 is 1.87 bits per heavy atom. The Morgan fingerprint density at radius 3 is 2.65 bits per heavy atom. The van der Waals surface area contributed by atoms with Gasteiger partial charge >= 0.3 is 0 Å². The summed E-state index contributed by atoms with van der Waals surface area (Å²) >= 11 is 0. The van der Waals surface area contributed by atoms with Crippen molar-refractivity contribution in [2.45, 2.75) is 51.0 Å². The smallest absolute Gasteiger partial charge is 0.224 e. The van der Waals surface area contributed by atoms with Gasteiger partial charge in [-0.3, -0.25) is 0 Å². The second-order valence-corrected chi connectivity index (χ2v) is 7.47. The summed E-state index contributed by atoms with van der Waals surface area (Å²) in [5, 5.41) is 3.57. The van der Waals surface area contributed by atoms with Crippen LogP contribution in [-0.2, 0) is 0 Å². The van der Waals surface area contributed by atoms with E-state index in [1.807, 2.05) is 6.20 Å². The van der Waals surface area contributed by atoms with E-state index in [-0.39, 0.29) is 0 Å². The first-order chi connectivity index (χ1) is 11.4. The molecular formula is C18H29N5. The van der Waals surface area contributed by atoms with Gasteiger partial charge in [0.15, 0.2) is 0 Å². The van der Waals surface area contributed by atoms with E-state index in [0.717, 1.165) is 37.3 Å². The standard InChI is InChI=1S/C18H29N5/c1-2-4-11-23(10-3-1)17-7-9-19-18(21-17)20-16-8-12-22(14-16)13-15-5-6-15/h7,9,15-16H,1-6,8,10-14H2,(H,19,20,21). The summed E-state index contributed by atoms with van der Waals surface area (Å²) in [4.78, 5) is 14.3. The molecule has 1 aliphatic carbocycles. The molecule has 1 aromatic heterocycles. The lowest BCUT2D eigenvalue weighted by molar-refractivity contribution is 0.322. The molecule has 0 bridgehead atoms. The lowest BCUT2D eigenvalue weighted by Gasteiger charge is -2.22. The van der Waals surface area contributed by atoms with E-state index in [9.17, 15) is 0 Å². The first kappa shape index (κ1) is 15.2. The molecule has 3 fully saturated rings. The van der Waals surface area contributed by atoms with E-state index in [1.54, 1.807) is 0 Å². The first-order valence-corrected chi connectivity index (χ1v) is 9.44. The monoisotopic (exact) mass is 315 g/mol. The fourth-order valence-electron chi connectivity index (χ4n) is 3.86. The van der Waals surface area contributed by atoms with Crippen molar-refractivity contribution in [1.29, 1.82) is 0 Å². The second-order valence-electron chi connectivity index (χ2n) is 7.47. The third kappa shape index (κ3) is 4.14. The minimum absolute atomic E-state index is 0.508. The zero-order chi connectivity index (χ0) is 15.5. The highest BCUT2D eigenvalue weighted by Crippen LogP contribution is 2.31. The van der Waals surface area contributed by atoms with Crippen molar-refractivity contribution < 1.29 is 0 Å². The topological polar surface area (TPSA) is 44.3 Å². The van der Waals surface area contributed by atoms with E-state index < -0.39 is 0 Å². The van der Waals surface area contributed by atoms with Crippen LogP contribution in [0.3, 0.4) is 0 Å². The van der Waals surface area contributed by atoms with Crippen LogP contribution < -0.4 is 10.2 Å². The number of hydrogen-bond donors (Lipinski definition) is 1. The lowest BCUT2D eigenvalue weighted by atomic mass is 10.2. The normalized spacial score (nSPS) is 26.3. The highest BCUT2D eigenvalue weighted by Gasteiger charge is 2.29. The van der Waals surface area contributed by atoms with Crippen LogP contribution in [0.1, 0.15) is 44.9 Å². The Kier molecular flexibility index (Phi) is 4.64. The minimum atomic E-state index is 0.508. The maximum absolute atomic E-state index is 4.79. The molecule has 1 atom stereocenters. The highest BCUT2D eigenvalue weighted by molar-refractivity contribution is 5.43. The molecule has 2 saturated heterocycles. The van der Waals surface area contributed by atoms with E-state index >= 15 is 0 Å². The van der Waals surface area contributed by atoms with Crippen LogP contribution in [0.4, 0.5) is 11.8 Å². The summed E-state index contributed by atoms with van der Waals surface area (Å²) in [6.07, 6.45) is 11.3. The van der Waals surface area contributed by atoms with Crippen molar-refractivity contribution in [2.24, 2.45) is 5.92 Å². The van der Waals surface area contributed by atoms with Gasteiger partial charge in [-0.05, 0) is 44.1 Å². The maximum Gasteiger partial charge on any atom is 0.224 e. The SMILES string of the molecule is c1cc(N2CCCCCC2)nc(NC2CCN(CC3CC3)C2)n1. The molecule has 1 saturated carbocycles. The number of nitrogens with one attached hydrogen (secondary N) is 1. The Morgan fingerprint density at radius 1 is 1.04 bits per heavy atom. The number of anilines is 2. The average Bonchev–Trinajstić information content (AvgIpc) is 3.32. The molecule has 23 heavy (non-hydrogen) atoms. The van der Waals surface area contributed by atoms with Crippen molar-refractivity contribution in [3.05, 3.63) is 12.3 Å². The van der Waals surface area contributed by atoms with E-state index in [0.29, 0.717) is 6.04 Å². The van der Waals surface area contributed by atoms with E-state index in [2.05, 4.69) is 26.2 Å². The molecule has 3 heterocycles. The summed E-state index contributed by atoms with van der Waals surface area (Å²) in [5.41, 5.74) is 0. The van der Waals surface area contributed by atoms with E-state index in [4.69, 9.17) is 4.98 Å². The van der Waals surface area contributed by atoms with Gasteiger partial charge in [0.1, 0.15) is 5.82 Å². The van der Waals surface area contributed by atoms with Gasteiger partial charge in [0.05, 0.1) is 0 Å². The zero-order valence-corrected chi connectivity index (χ0v) is 14.1. The number of nitrogens with zero attached hydrogens (tertiary/aromatic N) is 4. The zero-order valence-electron chi connectivity index (χ0n) is 14.1. The van der Waals surface area contributed by atoms with Gasteiger partial charge in [0, 0.05) is 45.0 Å². The molecule has 1 unspecified atom stereocenters. The van der Waals surface area contributed by atoms with Crippen LogP contribution in [-0.4, -0.2) is 53.6 Å². The van der Waals surface area contributed by atoms with Crippen molar-refractivity contribution in [3.8, 4) is 0 Å². The maximum atomic E-state index is 4.79. The molecular weight excluding hydrogens is 286 g/mol. The van der Waals surface area contributed by atoms with Crippen molar-refractivity contribution in [1.82, 2.24) is 14.9 Å². The predicted octanol–water partition coefficient (Wildman–Crippen LogP) is 2.75. The quantitative estimate of drug-likeness (QED) is 0.905. The van der Waals surface area contributed by atoms with Gasteiger partial charge in [0.2, 0.25) is 5.95 Å². The Bertz CT molecular complexity index is 508. The fraction of sp³-hybridized carbons (Fsp3) is 0.778. The number of likely N-dealkylation sites (tertiary alicyclic amines) is 1. The molecule has 2 aliphatic heterocycles. The lowest BCUT2D eigenvalue weighted by Crippen LogP contribution is -2.29. The molecule has 5 heteroatoms. The Hall–Kier alpha value is -1.36. The molecule has 3 aliphatic rings.